The van der Waals surface area contributed by atoms with Crippen molar-refractivity contribution in [2.45, 2.75) is 40.2 Å². The minimum atomic E-state index is -0.519. The molecule has 1 aliphatic rings. The van der Waals surface area contributed by atoms with E-state index in [4.69, 9.17) is 10.6 Å². The Balaban J connectivity index is 2.61. The third-order valence-corrected chi connectivity index (χ3v) is 3.21. The molecule has 110 valence electrons. The second-order valence-corrected chi connectivity index (χ2v) is 6.69. The Morgan fingerprint density at radius 2 is 1.84 bits per heavy atom. The van der Waals surface area contributed by atoms with Gasteiger partial charge in [-0.25, -0.2) is 4.79 Å². The first-order valence-corrected chi connectivity index (χ1v) is 6.53. The molecular formula is C13H25N3O3. The second-order valence-electron chi connectivity index (χ2n) is 6.69. The fourth-order valence-electron chi connectivity index (χ4n) is 1.96. The molecule has 0 atom stereocenters. The number of hydroxylamine groups is 2. The van der Waals surface area contributed by atoms with Crippen molar-refractivity contribution in [3.63, 3.8) is 0 Å². The van der Waals surface area contributed by atoms with Gasteiger partial charge in [-0.3, -0.25) is 9.69 Å². The van der Waals surface area contributed by atoms with Crippen LogP contribution in [0.25, 0.3) is 0 Å². The molecule has 2 N–H and O–H groups in total. The van der Waals surface area contributed by atoms with Crippen molar-refractivity contribution in [2.75, 3.05) is 26.2 Å². The zero-order valence-corrected chi connectivity index (χ0v) is 12.5. The standard InChI is InChI=1S/C13H25N3O3/c1-12(2,3)11(18)19-16-7-6-15(8-10(14)17)13(4,5)9-16/h6-9H2,1-5H3,(H2,14,17). The predicted octanol–water partition coefficient (Wildman–Crippen LogP) is 0.372. The van der Waals surface area contributed by atoms with Gasteiger partial charge in [0.15, 0.2) is 0 Å². The maximum Gasteiger partial charge on any atom is 0.330 e. The SMILES string of the molecule is CC(C)(C)C(=O)ON1CCN(CC(N)=O)C(C)(C)C1. The Labute approximate surface area is 114 Å². The molecule has 0 saturated carbocycles. The van der Waals surface area contributed by atoms with Gasteiger partial charge < -0.3 is 10.6 Å². The van der Waals surface area contributed by atoms with Crippen molar-refractivity contribution in [2.24, 2.45) is 11.1 Å². The van der Waals surface area contributed by atoms with E-state index in [0.717, 1.165) is 0 Å². The van der Waals surface area contributed by atoms with Gasteiger partial charge in [0.25, 0.3) is 0 Å². The Hall–Kier alpha value is -1.14. The topological polar surface area (TPSA) is 75.9 Å². The van der Waals surface area contributed by atoms with E-state index in [0.29, 0.717) is 19.6 Å². The van der Waals surface area contributed by atoms with Crippen LogP contribution < -0.4 is 5.73 Å². The highest BCUT2D eigenvalue weighted by Crippen LogP contribution is 2.23. The summed E-state index contributed by atoms with van der Waals surface area (Å²) in [5.74, 6) is -0.583. The number of primary amides is 1. The minimum absolute atomic E-state index is 0.230. The summed E-state index contributed by atoms with van der Waals surface area (Å²) in [7, 11) is 0. The molecule has 1 saturated heterocycles. The first kappa shape index (κ1) is 15.9. The van der Waals surface area contributed by atoms with E-state index in [9.17, 15) is 9.59 Å². The molecule has 19 heavy (non-hydrogen) atoms. The molecular weight excluding hydrogens is 246 g/mol. The van der Waals surface area contributed by atoms with Crippen LogP contribution in [-0.4, -0.2) is 53.6 Å². The third kappa shape index (κ3) is 4.47. The van der Waals surface area contributed by atoms with Crippen molar-refractivity contribution in [3.05, 3.63) is 0 Å². The van der Waals surface area contributed by atoms with Crippen LogP contribution in [0.3, 0.4) is 0 Å². The lowest BCUT2D eigenvalue weighted by atomic mass is 9.97. The van der Waals surface area contributed by atoms with E-state index in [2.05, 4.69) is 0 Å². The van der Waals surface area contributed by atoms with Gasteiger partial charge in [0.2, 0.25) is 5.91 Å². The van der Waals surface area contributed by atoms with Crippen molar-refractivity contribution in [1.29, 1.82) is 0 Å². The molecule has 0 unspecified atom stereocenters. The summed E-state index contributed by atoms with van der Waals surface area (Å²) in [4.78, 5) is 30.3. The maximum atomic E-state index is 11.9. The van der Waals surface area contributed by atoms with E-state index < -0.39 is 5.41 Å². The smallest absolute Gasteiger partial charge is 0.330 e. The minimum Gasteiger partial charge on any atom is -0.369 e. The summed E-state index contributed by atoms with van der Waals surface area (Å²) in [6.07, 6.45) is 0. The summed E-state index contributed by atoms with van der Waals surface area (Å²) < 4.78 is 0. The fourth-order valence-corrected chi connectivity index (χ4v) is 1.96. The molecule has 6 nitrogen and oxygen atoms in total. The van der Waals surface area contributed by atoms with E-state index >= 15 is 0 Å². The summed E-state index contributed by atoms with van der Waals surface area (Å²) in [5.41, 5.74) is 4.46. The predicted molar refractivity (Wildman–Crippen MR) is 72.0 cm³/mol. The quantitative estimate of drug-likeness (QED) is 0.802. The Morgan fingerprint density at radius 1 is 1.26 bits per heavy atom. The molecule has 0 bridgehead atoms. The van der Waals surface area contributed by atoms with Crippen LogP contribution in [0.15, 0.2) is 0 Å². The highest BCUT2D eigenvalue weighted by molar-refractivity contribution is 5.76. The number of rotatable bonds is 3. The third-order valence-electron chi connectivity index (χ3n) is 3.21. The van der Waals surface area contributed by atoms with Crippen LogP contribution in [-0.2, 0) is 14.4 Å². The van der Waals surface area contributed by atoms with E-state index in [1.807, 2.05) is 39.5 Å². The van der Waals surface area contributed by atoms with Gasteiger partial charge in [-0.15, -0.1) is 5.06 Å². The number of carbonyl (C=O) groups is 2. The summed E-state index contributed by atoms with van der Waals surface area (Å²) >= 11 is 0. The summed E-state index contributed by atoms with van der Waals surface area (Å²) in [6.45, 7) is 11.5. The van der Waals surface area contributed by atoms with Gasteiger partial charge in [0.05, 0.1) is 18.5 Å². The Bertz CT molecular complexity index is 361. The molecule has 1 aliphatic heterocycles. The molecule has 1 rings (SSSR count). The van der Waals surface area contributed by atoms with Gasteiger partial charge in [0, 0.05) is 18.6 Å². The average Bonchev–Trinajstić information content (AvgIpc) is 2.19. The van der Waals surface area contributed by atoms with Crippen LogP contribution in [0.2, 0.25) is 0 Å². The fraction of sp³-hybridized carbons (Fsp3) is 0.846. The van der Waals surface area contributed by atoms with Gasteiger partial charge in [-0.05, 0) is 34.6 Å². The average molecular weight is 271 g/mol. The summed E-state index contributed by atoms with van der Waals surface area (Å²) in [6, 6.07) is 0. The molecule has 0 aromatic carbocycles. The van der Waals surface area contributed by atoms with Crippen LogP contribution in [0, 0.1) is 5.41 Å². The highest BCUT2D eigenvalue weighted by atomic mass is 16.7. The number of hydrogen-bond donors (Lipinski definition) is 1. The molecule has 0 spiro atoms. The molecule has 0 aromatic heterocycles. The molecule has 6 heteroatoms. The molecule has 1 amide bonds. The largest absolute Gasteiger partial charge is 0.369 e. The summed E-state index contributed by atoms with van der Waals surface area (Å²) in [5, 5.41) is 1.67. The monoisotopic (exact) mass is 271 g/mol. The van der Waals surface area contributed by atoms with E-state index in [-0.39, 0.29) is 24.0 Å². The lowest BCUT2D eigenvalue weighted by molar-refractivity contribution is -0.217. The normalized spacial score (nSPS) is 21.1. The maximum absolute atomic E-state index is 11.9. The van der Waals surface area contributed by atoms with Crippen molar-refractivity contribution < 1.29 is 14.4 Å². The van der Waals surface area contributed by atoms with Crippen LogP contribution >= 0.6 is 0 Å². The molecule has 1 fully saturated rings. The van der Waals surface area contributed by atoms with Gasteiger partial charge >= 0.3 is 5.97 Å². The van der Waals surface area contributed by atoms with Gasteiger partial charge in [-0.1, -0.05) is 0 Å². The molecule has 1 heterocycles. The molecule has 0 aromatic rings. The Kier molecular flexibility index (Phi) is 4.58. The van der Waals surface area contributed by atoms with Crippen molar-refractivity contribution >= 4 is 11.9 Å². The van der Waals surface area contributed by atoms with Gasteiger partial charge in [0.1, 0.15) is 0 Å². The number of nitrogens with two attached hydrogens (primary N) is 1. The van der Waals surface area contributed by atoms with Crippen LogP contribution in [0.4, 0.5) is 0 Å². The number of amides is 1. The number of carbonyl (C=O) groups excluding carboxylic acids is 2. The van der Waals surface area contributed by atoms with E-state index in [1.165, 1.54) is 0 Å². The zero-order chi connectivity index (χ0) is 14.8. The van der Waals surface area contributed by atoms with Gasteiger partial charge in [-0.2, -0.15) is 0 Å². The van der Waals surface area contributed by atoms with Crippen LogP contribution in [0.5, 0.6) is 0 Å². The zero-order valence-electron chi connectivity index (χ0n) is 12.5. The first-order chi connectivity index (χ1) is 8.52. The van der Waals surface area contributed by atoms with Crippen molar-refractivity contribution in [3.8, 4) is 0 Å². The lowest BCUT2D eigenvalue weighted by Crippen LogP contribution is -2.61. The highest BCUT2D eigenvalue weighted by Gasteiger charge is 2.37. The van der Waals surface area contributed by atoms with E-state index in [1.54, 1.807) is 5.06 Å². The Morgan fingerprint density at radius 3 is 2.26 bits per heavy atom. The second kappa shape index (κ2) is 5.46. The van der Waals surface area contributed by atoms with Crippen molar-refractivity contribution in [1.82, 2.24) is 9.96 Å². The number of piperazine rings is 1. The van der Waals surface area contributed by atoms with Crippen LogP contribution in [0.1, 0.15) is 34.6 Å². The first-order valence-electron chi connectivity index (χ1n) is 6.53. The molecule has 0 radical (unpaired) electrons. The molecule has 0 aliphatic carbocycles. The number of hydrogen-bond acceptors (Lipinski definition) is 5. The lowest BCUT2D eigenvalue weighted by Gasteiger charge is -2.45. The number of nitrogens with zero attached hydrogens (tertiary/aromatic N) is 2.